The Morgan fingerprint density at radius 2 is 1.78 bits per heavy atom. The van der Waals surface area contributed by atoms with E-state index in [1.54, 1.807) is 5.06 Å². The lowest BCUT2D eigenvalue weighted by Gasteiger charge is -2.34. The van der Waals surface area contributed by atoms with Crippen molar-refractivity contribution in [3.8, 4) is 11.3 Å². The number of nitrogens with one attached hydrogen (secondary N) is 2. The quantitative estimate of drug-likeness (QED) is 0.438. The largest absolute Gasteiger partial charge is 0.426 e. The summed E-state index contributed by atoms with van der Waals surface area (Å²) in [6.07, 6.45) is 1.39. The molecule has 0 radical (unpaired) electrons. The molecule has 0 atom stereocenters. The molecule has 5 rings (SSSR count). The summed E-state index contributed by atoms with van der Waals surface area (Å²) in [7, 11) is 0. The summed E-state index contributed by atoms with van der Waals surface area (Å²) in [6.45, 7) is 15.8. The predicted molar refractivity (Wildman–Crippen MR) is 161 cm³/mol. The van der Waals surface area contributed by atoms with E-state index in [4.69, 9.17) is 9.82 Å². The predicted octanol–water partition coefficient (Wildman–Crippen LogP) is 5.09. The van der Waals surface area contributed by atoms with E-state index >= 15 is 0 Å². The van der Waals surface area contributed by atoms with Gasteiger partial charge in [0.25, 0.3) is 5.91 Å². The Kier molecular flexibility index (Phi) is 8.47. The van der Waals surface area contributed by atoms with E-state index in [0.29, 0.717) is 43.6 Å². The van der Waals surface area contributed by atoms with Crippen LogP contribution in [0.1, 0.15) is 60.2 Å². The van der Waals surface area contributed by atoms with Crippen molar-refractivity contribution < 1.29 is 14.4 Å². The van der Waals surface area contributed by atoms with Crippen molar-refractivity contribution in [1.29, 1.82) is 0 Å². The molecule has 2 aliphatic heterocycles. The molecule has 0 saturated carbocycles. The average Bonchev–Trinajstić information content (AvgIpc) is 3.24. The number of aromatic nitrogens is 2. The highest BCUT2D eigenvalue weighted by Gasteiger charge is 2.27. The summed E-state index contributed by atoms with van der Waals surface area (Å²) in [5.41, 5.74) is 6.61. The first kappa shape index (κ1) is 28.8. The van der Waals surface area contributed by atoms with Crippen molar-refractivity contribution >= 4 is 17.7 Å². The molecule has 0 aliphatic carbocycles. The number of para-hydroxylation sites is 1. The number of hydroxylamine groups is 2. The van der Waals surface area contributed by atoms with Crippen molar-refractivity contribution in [2.75, 3.05) is 44.2 Å². The third kappa shape index (κ3) is 6.97. The molecular formula is C32H42N6O3. The molecular weight excluding hydrogens is 516 g/mol. The number of carbonyl (C=O) groups excluding carboxylic acids is 2. The first-order valence-electron chi connectivity index (χ1n) is 14.6. The summed E-state index contributed by atoms with van der Waals surface area (Å²) < 4.78 is 0. The van der Waals surface area contributed by atoms with Crippen LogP contribution < -0.4 is 10.2 Å². The fourth-order valence-corrected chi connectivity index (χ4v) is 5.45. The van der Waals surface area contributed by atoms with Crippen LogP contribution in [-0.4, -0.2) is 71.2 Å². The molecule has 1 fully saturated rings. The molecule has 0 spiro atoms. The Balaban J connectivity index is 1.16. The number of aromatic amines is 1. The van der Waals surface area contributed by atoms with E-state index in [9.17, 15) is 9.59 Å². The minimum absolute atomic E-state index is 0.0528. The second-order valence-electron chi connectivity index (χ2n) is 12.3. The van der Waals surface area contributed by atoms with Gasteiger partial charge < -0.3 is 24.9 Å². The Bertz CT molecular complexity index is 1400. The molecule has 0 unspecified atom stereocenters. The third-order valence-electron chi connectivity index (χ3n) is 7.91. The lowest BCUT2D eigenvalue weighted by molar-refractivity contribution is -0.123. The summed E-state index contributed by atoms with van der Waals surface area (Å²) in [4.78, 5) is 44.1. The van der Waals surface area contributed by atoms with Crippen molar-refractivity contribution in [3.63, 3.8) is 0 Å². The fourth-order valence-electron chi connectivity index (χ4n) is 5.45. The summed E-state index contributed by atoms with van der Waals surface area (Å²) in [5.74, 6) is 0.824. The number of benzene rings is 2. The van der Waals surface area contributed by atoms with Crippen LogP contribution in [-0.2, 0) is 17.8 Å². The number of anilines is 1. The number of hydrogen-bond donors (Lipinski definition) is 2. The van der Waals surface area contributed by atoms with Gasteiger partial charge in [-0.25, -0.2) is 9.78 Å². The van der Waals surface area contributed by atoms with Crippen molar-refractivity contribution in [3.05, 3.63) is 70.7 Å². The van der Waals surface area contributed by atoms with E-state index in [-0.39, 0.29) is 5.91 Å². The molecule has 1 aromatic heterocycles. The van der Waals surface area contributed by atoms with Gasteiger partial charge in [0.15, 0.2) is 0 Å². The lowest BCUT2D eigenvalue weighted by Crippen LogP contribution is -2.48. The minimum atomic E-state index is -0.457. The van der Waals surface area contributed by atoms with Gasteiger partial charge in [0.2, 0.25) is 0 Å². The molecule has 3 heterocycles. The zero-order valence-electron chi connectivity index (χ0n) is 24.9. The smallest absolute Gasteiger partial charge is 0.351 e. The van der Waals surface area contributed by atoms with Crippen LogP contribution in [0.2, 0.25) is 0 Å². The number of H-pyrrole nitrogens is 1. The Hall–Kier alpha value is -3.69. The van der Waals surface area contributed by atoms with Gasteiger partial charge in [0.1, 0.15) is 5.82 Å². The second-order valence-corrected chi connectivity index (χ2v) is 12.3. The third-order valence-corrected chi connectivity index (χ3v) is 7.91. The normalized spacial score (nSPS) is 16.1. The molecule has 9 heteroatoms. The molecule has 218 valence electrons. The summed E-state index contributed by atoms with van der Waals surface area (Å²) >= 11 is 0. The van der Waals surface area contributed by atoms with Crippen LogP contribution in [0, 0.1) is 19.3 Å². The molecule has 9 nitrogen and oxygen atoms in total. The van der Waals surface area contributed by atoms with Gasteiger partial charge in [-0.3, -0.25) is 4.79 Å². The number of piperazine rings is 1. The highest BCUT2D eigenvalue weighted by molar-refractivity contribution is 6.08. The molecule has 1 saturated heterocycles. The number of imidazole rings is 1. The Morgan fingerprint density at radius 3 is 2.51 bits per heavy atom. The van der Waals surface area contributed by atoms with Crippen LogP contribution in [0.4, 0.5) is 10.5 Å². The molecule has 2 aromatic carbocycles. The molecule has 0 bridgehead atoms. The van der Waals surface area contributed by atoms with E-state index in [1.807, 2.05) is 61.2 Å². The lowest BCUT2D eigenvalue weighted by atomic mass is 9.92. The van der Waals surface area contributed by atoms with Gasteiger partial charge in [-0.05, 0) is 61.6 Å². The summed E-state index contributed by atoms with van der Waals surface area (Å²) in [5, 5.41) is 4.61. The van der Waals surface area contributed by atoms with Crippen LogP contribution >= 0.6 is 0 Å². The van der Waals surface area contributed by atoms with Gasteiger partial charge in [-0.2, -0.15) is 0 Å². The highest BCUT2D eigenvalue weighted by atomic mass is 16.7. The van der Waals surface area contributed by atoms with Gasteiger partial charge in [0, 0.05) is 62.5 Å². The zero-order valence-corrected chi connectivity index (χ0v) is 24.9. The standard InChI is InChI=1S/C32H42N6O3/c1-22-20-24(30(39)38-14-12-27-29(35-23(2)34-27)26-8-6-7-9-28(26)38)10-11-25(22)21-33-31(40)41-37-18-16-36(17-19-37)15-13-32(3,4)5/h6-11,20H,12-19,21H2,1-5H3,(H,33,40)(H,34,35). The van der Waals surface area contributed by atoms with E-state index in [0.717, 1.165) is 65.6 Å². The van der Waals surface area contributed by atoms with Crippen molar-refractivity contribution in [2.24, 2.45) is 5.41 Å². The SMILES string of the molecule is Cc1nc2c([nH]1)CCN(C(=O)c1ccc(CNC(=O)ON3CCN(CCC(C)(C)C)CC3)c(C)c1)c1ccccc1-2. The zero-order chi connectivity index (χ0) is 29.1. The number of rotatable bonds is 6. The highest BCUT2D eigenvalue weighted by Crippen LogP contribution is 2.36. The van der Waals surface area contributed by atoms with Crippen molar-refractivity contribution in [1.82, 2.24) is 25.2 Å². The van der Waals surface area contributed by atoms with Gasteiger partial charge in [0.05, 0.1) is 11.4 Å². The number of fused-ring (bicyclic) bond motifs is 3. The maximum Gasteiger partial charge on any atom is 0.426 e. The van der Waals surface area contributed by atoms with Gasteiger partial charge in [-0.1, -0.05) is 45.0 Å². The number of nitrogens with zero attached hydrogens (tertiary/aromatic N) is 4. The van der Waals surface area contributed by atoms with Crippen LogP contribution in [0.5, 0.6) is 0 Å². The second kappa shape index (κ2) is 12.0. The fraction of sp³-hybridized carbons (Fsp3) is 0.469. The first-order valence-corrected chi connectivity index (χ1v) is 14.6. The number of aryl methyl sites for hydroxylation is 2. The molecule has 41 heavy (non-hydrogen) atoms. The monoisotopic (exact) mass is 558 g/mol. The number of carbonyl (C=O) groups is 2. The molecule has 2 aliphatic rings. The van der Waals surface area contributed by atoms with Crippen molar-refractivity contribution in [2.45, 2.75) is 54.0 Å². The number of hydrogen-bond acceptors (Lipinski definition) is 6. The Morgan fingerprint density at radius 1 is 1.02 bits per heavy atom. The molecule has 2 amide bonds. The van der Waals surface area contributed by atoms with E-state index in [2.05, 4.69) is 36.0 Å². The number of amides is 2. The maximum absolute atomic E-state index is 13.7. The van der Waals surface area contributed by atoms with Crippen LogP contribution in [0.25, 0.3) is 11.3 Å². The topological polar surface area (TPSA) is 93.8 Å². The van der Waals surface area contributed by atoms with Crippen LogP contribution in [0.15, 0.2) is 42.5 Å². The van der Waals surface area contributed by atoms with Crippen LogP contribution in [0.3, 0.4) is 0 Å². The molecule has 2 N–H and O–H groups in total. The van der Waals surface area contributed by atoms with Gasteiger partial charge in [-0.15, -0.1) is 5.06 Å². The maximum atomic E-state index is 13.7. The Labute approximate surface area is 242 Å². The first-order chi connectivity index (χ1) is 19.6. The minimum Gasteiger partial charge on any atom is -0.351 e. The average molecular weight is 559 g/mol. The molecule has 3 aromatic rings. The van der Waals surface area contributed by atoms with E-state index in [1.165, 1.54) is 0 Å². The van der Waals surface area contributed by atoms with Gasteiger partial charge >= 0.3 is 6.09 Å². The van der Waals surface area contributed by atoms with E-state index < -0.39 is 6.09 Å². The summed E-state index contributed by atoms with van der Waals surface area (Å²) in [6, 6.07) is 13.6.